The fourth-order valence-corrected chi connectivity index (χ4v) is 1.22. The lowest BCUT2D eigenvalue weighted by atomic mass is 10.00. The second kappa shape index (κ2) is 4.25. The van der Waals surface area contributed by atoms with Crippen LogP contribution in [-0.4, -0.2) is 29.1 Å². The molecule has 78 valence electrons. The molecule has 0 aliphatic rings. The van der Waals surface area contributed by atoms with Crippen molar-refractivity contribution >= 4 is 0 Å². The van der Waals surface area contributed by atoms with Crippen LogP contribution in [0, 0.1) is 0 Å². The van der Waals surface area contributed by atoms with Gasteiger partial charge in [-0.2, -0.15) is 0 Å². The molecule has 2 N–H and O–H groups in total. The molecule has 2 heteroatoms. The first-order valence-corrected chi connectivity index (χ1v) is 4.81. The molecule has 0 heterocycles. The smallest absolute Gasteiger partial charge is 0.0226 e. The van der Waals surface area contributed by atoms with E-state index in [9.17, 15) is 0 Å². The van der Waals surface area contributed by atoms with E-state index in [4.69, 9.17) is 5.73 Å². The Morgan fingerprint density at radius 2 is 1.69 bits per heavy atom. The largest absolute Gasteiger partial charge is 0.324 e. The Kier molecular flexibility index (Phi) is 4.14. The van der Waals surface area contributed by atoms with Gasteiger partial charge in [-0.05, 0) is 34.6 Å². The Bertz CT molecular complexity index is 160. The van der Waals surface area contributed by atoms with Crippen molar-refractivity contribution in [2.45, 2.75) is 45.7 Å². The minimum absolute atomic E-state index is 0.143. The van der Waals surface area contributed by atoms with E-state index in [2.05, 4.69) is 46.1 Å². The molecular weight excluding hydrogens is 160 g/mol. The summed E-state index contributed by atoms with van der Waals surface area (Å²) in [5.41, 5.74) is 6.00. The van der Waals surface area contributed by atoms with E-state index in [1.807, 2.05) is 6.08 Å². The van der Waals surface area contributed by atoms with Crippen LogP contribution in [0.1, 0.15) is 34.6 Å². The molecule has 2 nitrogen and oxygen atoms in total. The van der Waals surface area contributed by atoms with Gasteiger partial charge < -0.3 is 5.73 Å². The first kappa shape index (κ1) is 12.7. The molecule has 0 saturated carbocycles. The molecule has 0 rings (SSSR count). The van der Waals surface area contributed by atoms with E-state index in [1.54, 1.807) is 0 Å². The zero-order chi connectivity index (χ0) is 10.7. The van der Waals surface area contributed by atoms with Crippen molar-refractivity contribution < 1.29 is 0 Å². The molecule has 0 aliphatic carbocycles. The van der Waals surface area contributed by atoms with E-state index < -0.39 is 0 Å². The van der Waals surface area contributed by atoms with Crippen LogP contribution < -0.4 is 5.73 Å². The highest BCUT2D eigenvalue weighted by Gasteiger charge is 2.24. The SMILES string of the molecule is C=CCN(CC(C)(C)N)C(C)(C)C. The Labute approximate surface area is 82.8 Å². The van der Waals surface area contributed by atoms with Crippen LogP contribution in [0.2, 0.25) is 0 Å². The van der Waals surface area contributed by atoms with Gasteiger partial charge in [-0.15, -0.1) is 6.58 Å². The summed E-state index contributed by atoms with van der Waals surface area (Å²) in [6.07, 6.45) is 1.93. The van der Waals surface area contributed by atoms with Gasteiger partial charge in [0.15, 0.2) is 0 Å². The Hall–Kier alpha value is -0.340. The zero-order valence-electron chi connectivity index (χ0n) is 9.72. The Morgan fingerprint density at radius 3 is 1.92 bits per heavy atom. The lowest BCUT2D eigenvalue weighted by molar-refractivity contribution is 0.126. The van der Waals surface area contributed by atoms with E-state index in [0.717, 1.165) is 13.1 Å². The predicted molar refractivity (Wildman–Crippen MR) is 59.8 cm³/mol. The summed E-state index contributed by atoms with van der Waals surface area (Å²) in [4.78, 5) is 2.33. The third-order valence-electron chi connectivity index (χ3n) is 1.90. The number of nitrogens with zero attached hydrogens (tertiary/aromatic N) is 1. The Balaban J connectivity index is 4.35. The molecule has 0 atom stereocenters. The molecule has 0 saturated heterocycles. The minimum Gasteiger partial charge on any atom is -0.324 e. The van der Waals surface area contributed by atoms with E-state index in [-0.39, 0.29) is 11.1 Å². The van der Waals surface area contributed by atoms with Gasteiger partial charge in [0.05, 0.1) is 0 Å². The van der Waals surface area contributed by atoms with E-state index >= 15 is 0 Å². The fraction of sp³-hybridized carbons (Fsp3) is 0.818. The van der Waals surface area contributed by atoms with Gasteiger partial charge in [0.2, 0.25) is 0 Å². The quantitative estimate of drug-likeness (QED) is 0.677. The van der Waals surface area contributed by atoms with Crippen molar-refractivity contribution in [2.24, 2.45) is 5.73 Å². The summed E-state index contributed by atoms with van der Waals surface area (Å²) in [5, 5.41) is 0. The van der Waals surface area contributed by atoms with Crippen LogP contribution in [-0.2, 0) is 0 Å². The maximum absolute atomic E-state index is 5.99. The van der Waals surface area contributed by atoms with Gasteiger partial charge in [-0.1, -0.05) is 6.08 Å². The van der Waals surface area contributed by atoms with Crippen LogP contribution in [0.15, 0.2) is 12.7 Å². The average Bonchev–Trinajstić information content (AvgIpc) is 1.81. The molecule has 0 unspecified atom stereocenters. The van der Waals surface area contributed by atoms with E-state index in [0.29, 0.717) is 0 Å². The van der Waals surface area contributed by atoms with Crippen molar-refractivity contribution in [3.05, 3.63) is 12.7 Å². The molecular formula is C11H24N2. The summed E-state index contributed by atoms with van der Waals surface area (Å²) in [7, 11) is 0. The van der Waals surface area contributed by atoms with Crippen LogP contribution in [0.3, 0.4) is 0 Å². The number of nitrogens with two attached hydrogens (primary N) is 1. The lowest BCUT2D eigenvalue weighted by Crippen LogP contribution is -2.52. The van der Waals surface area contributed by atoms with Gasteiger partial charge in [-0.25, -0.2) is 0 Å². The molecule has 0 spiro atoms. The second-order valence-corrected chi connectivity index (χ2v) is 5.33. The molecule has 0 amide bonds. The first-order valence-electron chi connectivity index (χ1n) is 4.81. The van der Waals surface area contributed by atoms with Crippen LogP contribution in [0.25, 0.3) is 0 Å². The van der Waals surface area contributed by atoms with Crippen LogP contribution >= 0.6 is 0 Å². The summed E-state index contributed by atoms with van der Waals surface area (Å²) in [5.74, 6) is 0. The summed E-state index contributed by atoms with van der Waals surface area (Å²) in [6, 6.07) is 0. The molecule has 0 bridgehead atoms. The number of hydrogen-bond acceptors (Lipinski definition) is 2. The van der Waals surface area contributed by atoms with Gasteiger partial charge in [-0.3, -0.25) is 4.90 Å². The predicted octanol–water partition coefficient (Wildman–Crippen LogP) is 2.01. The molecule has 0 aromatic rings. The Morgan fingerprint density at radius 1 is 1.23 bits per heavy atom. The molecule has 0 fully saturated rings. The third-order valence-corrected chi connectivity index (χ3v) is 1.90. The van der Waals surface area contributed by atoms with Gasteiger partial charge in [0.1, 0.15) is 0 Å². The van der Waals surface area contributed by atoms with Gasteiger partial charge in [0.25, 0.3) is 0 Å². The summed E-state index contributed by atoms with van der Waals surface area (Å²) >= 11 is 0. The van der Waals surface area contributed by atoms with Crippen molar-refractivity contribution in [1.82, 2.24) is 4.90 Å². The number of hydrogen-bond donors (Lipinski definition) is 1. The normalized spacial score (nSPS) is 13.5. The maximum atomic E-state index is 5.99. The van der Waals surface area contributed by atoms with Crippen molar-refractivity contribution in [1.29, 1.82) is 0 Å². The standard InChI is InChI=1S/C11H24N2/c1-7-8-13(10(2,3)4)9-11(5,6)12/h7H,1,8-9,12H2,2-6H3. The van der Waals surface area contributed by atoms with Gasteiger partial charge in [0, 0.05) is 24.2 Å². The highest BCUT2D eigenvalue weighted by Crippen LogP contribution is 2.15. The fourth-order valence-electron chi connectivity index (χ4n) is 1.22. The first-order chi connectivity index (χ1) is 5.67. The topological polar surface area (TPSA) is 29.3 Å². The van der Waals surface area contributed by atoms with Crippen molar-refractivity contribution in [2.75, 3.05) is 13.1 Å². The van der Waals surface area contributed by atoms with E-state index in [1.165, 1.54) is 0 Å². The third kappa shape index (κ3) is 5.83. The minimum atomic E-state index is -0.143. The van der Waals surface area contributed by atoms with Crippen molar-refractivity contribution in [3.63, 3.8) is 0 Å². The molecule has 0 aromatic heterocycles. The molecule has 0 aliphatic heterocycles. The number of rotatable bonds is 4. The lowest BCUT2D eigenvalue weighted by Gasteiger charge is -2.39. The summed E-state index contributed by atoms with van der Waals surface area (Å²) < 4.78 is 0. The zero-order valence-corrected chi connectivity index (χ0v) is 9.72. The van der Waals surface area contributed by atoms with Crippen LogP contribution in [0.5, 0.6) is 0 Å². The van der Waals surface area contributed by atoms with Crippen molar-refractivity contribution in [3.8, 4) is 0 Å². The maximum Gasteiger partial charge on any atom is 0.0226 e. The van der Waals surface area contributed by atoms with Crippen LogP contribution in [0.4, 0.5) is 0 Å². The highest BCUT2D eigenvalue weighted by molar-refractivity contribution is 4.88. The summed E-state index contributed by atoms with van der Waals surface area (Å²) in [6.45, 7) is 16.2. The van der Waals surface area contributed by atoms with Gasteiger partial charge >= 0.3 is 0 Å². The monoisotopic (exact) mass is 184 g/mol. The molecule has 0 aromatic carbocycles. The second-order valence-electron chi connectivity index (χ2n) is 5.33. The average molecular weight is 184 g/mol. The molecule has 0 radical (unpaired) electrons. The highest BCUT2D eigenvalue weighted by atomic mass is 15.2. The molecule has 13 heavy (non-hydrogen) atoms.